The number of hydrogen-bond donors (Lipinski definition) is 0. The average Bonchev–Trinajstić information content (AvgIpc) is 2.59. The summed E-state index contributed by atoms with van der Waals surface area (Å²) in [4.78, 5) is 12.5. The van der Waals surface area contributed by atoms with Crippen LogP contribution in [0.25, 0.3) is 16.8 Å². The quantitative estimate of drug-likeness (QED) is 0.417. The van der Waals surface area contributed by atoms with Crippen molar-refractivity contribution in [3.63, 3.8) is 0 Å². The molecule has 0 bridgehead atoms. The van der Waals surface area contributed by atoms with Crippen molar-refractivity contribution in [2.75, 3.05) is 0 Å². The van der Waals surface area contributed by atoms with Crippen molar-refractivity contribution >= 4 is 40.1 Å². The molecular weight excluding hydrogens is 341 g/mol. The van der Waals surface area contributed by atoms with Crippen LogP contribution < -0.4 is 5.56 Å². The Balaban J connectivity index is 1.66. The highest BCUT2D eigenvalue weighted by Gasteiger charge is 2.06. The number of fused-ring (bicyclic) bond motifs is 1. The largest absolute Gasteiger partial charge is 0.299 e. The van der Waals surface area contributed by atoms with Gasteiger partial charge >= 0.3 is 0 Å². The van der Waals surface area contributed by atoms with Crippen LogP contribution in [0.3, 0.4) is 0 Å². The normalized spacial score (nSPS) is 11.4. The van der Waals surface area contributed by atoms with Gasteiger partial charge in [0.05, 0.1) is 0 Å². The molecule has 122 valence electrons. The minimum Gasteiger partial charge on any atom is -0.299 e. The second-order valence-electron chi connectivity index (χ2n) is 5.61. The molecule has 1 aromatic heterocycles. The Bertz CT molecular complexity index is 927. The highest BCUT2D eigenvalue weighted by atomic mass is 35.5. The number of allylic oxidation sites excluding steroid dienone is 1. The van der Waals surface area contributed by atoms with E-state index in [9.17, 15) is 4.79 Å². The predicted octanol–water partition coefficient (Wildman–Crippen LogP) is 5.80. The number of nitrogens with zero attached hydrogens (tertiary/aromatic N) is 1. The van der Waals surface area contributed by atoms with Crippen molar-refractivity contribution < 1.29 is 0 Å². The lowest BCUT2D eigenvalue weighted by molar-refractivity contribution is 0.634. The van der Waals surface area contributed by atoms with Gasteiger partial charge in [0.15, 0.2) is 0 Å². The summed E-state index contributed by atoms with van der Waals surface area (Å²) in [6, 6.07) is 17.1. The molecule has 3 rings (SSSR count). The molecule has 0 atom stereocenters. The van der Waals surface area contributed by atoms with Gasteiger partial charge in [0, 0.05) is 17.0 Å². The van der Waals surface area contributed by atoms with Gasteiger partial charge in [-0.05, 0) is 48.1 Å². The number of pyridine rings is 1. The van der Waals surface area contributed by atoms with Crippen molar-refractivity contribution in [1.82, 2.24) is 4.57 Å². The number of aromatic nitrogens is 1. The number of rotatable bonds is 5. The Morgan fingerprint density at radius 2 is 1.75 bits per heavy atom. The van der Waals surface area contributed by atoms with Gasteiger partial charge < -0.3 is 0 Å². The first-order valence-electron chi connectivity index (χ1n) is 7.85. The monoisotopic (exact) mass is 357 g/mol. The second-order valence-corrected chi connectivity index (χ2v) is 6.43. The van der Waals surface area contributed by atoms with E-state index < -0.39 is 0 Å². The standard InChI is InChI=1S/C20H17Cl2NO/c21-17-11-9-15(10-12-17)6-2-1-5-13-23-19(22)14-16-7-3-4-8-18(16)20(23)24/h2-4,6-12,14H,1,5,13H2/b6-2+. The van der Waals surface area contributed by atoms with Crippen LogP contribution in [0.5, 0.6) is 0 Å². The summed E-state index contributed by atoms with van der Waals surface area (Å²) >= 11 is 12.1. The van der Waals surface area contributed by atoms with Crippen LogP contribution in [-0.2, 0) is 6.54 Å². The first-order valence-corrected chi connectivity index (χ1v) is 8.61. The molecule has 0 aliphatic heterocycles. The third-order valence-corrected chi connectivity index (χ3v) is 4.47. The Labute approximate surface area is 151 Å². The molecule has 0 aliphatic rings. The van der Waals surface area contributed by atoms with E-state index in [1.54, 1.807) is 4.57 Å². The van der Waals surface area contributed by atoms with E-state index in [1.165, 1.54) is 0 Å². The molecule has 0 N–H and O–H groups in total. The van der Waals surface area contributed by atoms with Crippen molar-refractivity contribution in [2.45, 2.75) is 19.4 Å². The number of benzene rings is 2. The molecule has 0 fully saturated rings. The van der Waals surface area contributed by atoms with E-state index in [-0.39, 0.29) is 5.56 Å². The van der Waals surface area contributed by atoms with Gasteiger partial charge in [-0.1, -0.05) is 65.7 Å². The fourth-order valence-electron chi connectivity index (χ4n) is 2.64. The van der Waals surface area contributed by atoms with Gasteiger partial charge in [0.25, 0.3) is 5.56 Å². The van der Waals surface area contributed by atoms with E-state index in [4.69, 9.17) is 23.2 Å². The zero-order valence-electron chi connectivity index (χ0n) is 13.1. The molecule has 3 aromatic rings. The number of hydrogen-bond acceptors (Lipinski definition) is 1. The van der Waals surface area contributed by atoms with E-state index >= 15 is 0 Å². The molecule has 2 nitrogen and oxygen atoms in total. The zero-order valence-corrected chi connectivity index (χ0v) is 14.6. The summed E-state index contributed by atoms with van der Waals surface area (Å²) in [5.74, 6) is 0. The van der Waals surface area contributed by atoms with Crippen LogP contribution >= 0.6 is 23.2 Å². The molecule has 0 amide bonds. The molecule has 0 unspecified atom stereocenters. The second kappa shape index (κ2) is 7.69. The third-order valence-electron chi connectivity index (χ3n) is 3.90. The molecule has 0 saturated carbocycles. The minimum absolute atomic E-state index is 0.0280. The molecule has 0 spiro atoms. The molecule has 1 heterocycles. The van der Waals surface area contributed by atoms with Gasteiger partial charge in [-0.3, -0.25) is 9.36 Å². The molecule has 4 heteroatoms. The maximum Gasteiger partial charge on any atom is 0.259 e. The van der Waals surface area contributed by atoms with E-state index in [2.05, 4.69) is 12.2 Å². The Kier molecular flexibility index (Phi) is 5.39. The molecular formula is C20H17Cl2NO. The minimum atomic E-state index is -0.0280. The highest BCUT2D eigenvalue weighted by molar-refractivity contribution is 6.30. The van der Waals surface area contributed by atoms with E-state index in [1.807, 2.05) is 54.6 Å². The maximum atomic E-state index is 12.5. The average molecular weight is 358 g/mol. The molecule has 2 aromatic carbocycles. The molecule has 0 saturated heterocycles. The lowest BCUT2D eigenvalue weighted by Gasteiger charge is -2.09. The Morgan fingerprint density at radius 3 is 2.54 bits per heavy atom. The first kappa shape index (κ1) is 16.8. The van der Waals surface area contributed by atoms with E-state index in [0.29, 0.717) is 17.1 Å². The van der Waals surface area contributed by atoms with Gasteiger partial charge in [-0.2, -0.15) is 0 Å². The summed E-state index contributed by atoms with van der Waals surface area (Å²) in [6.45, 7) is 0.605. The van der Waals surface area contributed by atoms with Crippen molar-refractivity contribution in [1.29, 1.82) is 0 Å². The van der Waals surface area contributed by atoms with Crippen molar-refractivity contribution in [2.24, 2.45) is 0 Å². The molecule has 24 heavy (non-hydrogen) atoms. The molecule has 0 aliphatic carbocycles. The highest BCUT2D eigenvalue weighted by Crippen LogP contribution is 2.16. The number of halogens is 2. The van der Waals surface area contributed by atoms with Crippen LogP contribution in [0.15, 0.2) is 65.5 Å². The lowest BCUT2D eigenvalue weighted by Crippen LogP contribution is -2.20. The van der Waals surface area contributed by atoms with E-state index in [0.717, 1.165) is 28.8 Å². The SMILES string of the molecule is O=c1c2ccccc2cc(Cl)n1CCC/C=C/c1ccc(Cl)cc1. The van der Waals surface area contributed by atoms with Crippen LogP contribution in [0.4, 0.5) is 0 Å². The smallest absolute Gasteiger partial charge is 0.259 e. The lowest BCUT2D eigenvalue weighted by atomic mass is 10.1. The third kappa shape index (κ3) is 3.89. The van der Waals surface area contributed by atoms with Crippen molar-refractivity contribution in [3.8, 4) is 0 Å². The predicted molar refractivity (Wildman–Crippen MR) is 103 cm³/mol. The summed E-state index contributed by atoms with van der Waals surface area (Å²) in [5.41, 5.74) is 1.08. The topological polar surface area (TPSA) is 22.0 Å². The van der Waals surface area contributed by atoms with Gasteiger partial charge in [0.1, 0.15) is 5.15 Å². The van der Waals surface area contributed by atoms with Crippen molar-refractivity contribution in [3.05, 3.63) is 86.8 Å². The van der Waals surface area contributed by atoms with Crippen LogP contribution in [-0.4, -0.2) is 4.57 Å². The fourth-order valence-corrected chi connectivity index (χ4v) is 3.04. The van der Waals surface area contributed by atoms with Crippen LogP contribution in [0, 0.1) is 0 Å². The first-order chi connectivity index (χ1) is 11.6. The maximum absolute atomic E-state index is 12.5. The summed E-state index contributed by atoms with van der Waals surface area (Å²) in [7, 11) is 0. The fraction of sp³-hybridized carbons (Fsp3) is 0.150. The van der Waals surface area contributed by atoms with Gasteiger partial charge in [-0.25, -0.2) is 0 Å². The zero-order chi connectivity index (χ0) is 16.9. The Hall–Kier alpha value is -2.03. The van der Waals surface area contributed by atoms with Crippen LogP contribution in [0.2, 0.25) is 10.2 Å². The summed E-state index contributed by atoms with van der Waals surface area (Å²) < 4.78 is 1.64. The van der Waals surface area contributed by atoms with Gasteiger partial charge in [0.2, 0.25) is 0 Å². The number of unbranched alkanes of at least 4 members (excludes halogenated alkanes) is 1. The van der Waals surface area contributed by atoms with Gasteiger partial charge in [-0.15, -0.1) is 0 Å². The molecule has 0 radical (unpaired) electrons. The Morgan fingerprint density at radius 1 is 1.00 bits per heavy atom. The summed E-state index contributed by atoms with van der Waals surface area (Å²) in [6.07, 6.45) is 5.88. The van der Waals surface area contributed by atoms with Crippen LogP contribution in [0.1, 0.15) is 18.4 Å². The summed E-state index contributed by atoms with van der Waals surface area (Å²) in [5, 5.41) is 2.81.